The number of rotatable bonds is 5. The van der Waals surface area contributed by atoms with Crippen molar-refractivity contribution in [2.75, 3.05) is 16.8 Å². The highest BCUT2D eigenvalue weighted by atomic mass is 32.1. The summed E-state index contributed by atoms with van der Waals surface area (Å²) < 4.78 is 6.16. The van der Waals surface area contributed by atoms with E-state index in [1.165, 1.54) is 17.6 Å². The molecule has 0 saturated heterocycles. The number of hydrogen-bond acceptors (Lipinski definition) is 5. The maximum absolute atomic E-state index is 13.2. The summed E-state index contributed by atoms with van der Waals surface area (Å²) in [5, 5.41) is 3.46. The summed E-state index contributed by atoms with van der Waals surface area (Å²) in [6.45, 7) is 4.27. The maximum Gasteiger partial charge on any atom is 0.291 e. The van der Waals surface area contributed by atoms with Crippen LogP contribution in [0.1, 0.15) is 33.4 Å². The zero-order valence-corrected chi connectivity index (χ0v) is 16.8. The van der Waals surface area contributed by atoms with Crippen LogP contribution in [0, 0.1) is 6.92 Å². The van der Waals surface area contributed by atoms with E-state index in [1.54, 1.807) is 29.2 Å². The number of para-hydroxylation sites is 1. The summed E-state index contributed by atoms with van der Waals surface area (Å²) in [5.74, 6) is -0.313. The summed E-state index contributed by atoms with van der Waals surface area (Å²) in [4.78, 5) is 31.7. The minimum atomic E-state index is -0.360. The quantitative estimate of drug-likeness (QED) is 0.500. The first-order chi connectivity index (χ1) is 14.1. The molecule has 0 bridgehead atoms. The Kier molecular flexibility index (Phi) is 5.14. The van der Waals surface area contributed by atoms with E-state index in [-0.39, 0.29) is 17.6 Å². The second-order valence-electron chi connectivity index (χ2n) is 6.47. The fourth-order valence-corrected chi connectivity index (χ4v) is 4.01. The number of nitrogens with one attached hydrogen (secondary N) is 1. The SMILES string of the molecule is CCN(C(=O)c1ccc(C)c(NC(=O)c2ccco2)c1)c1nc2ccccc2s1. The van der Waals surface area contributed by atoms with Gasteiger partial charge in [0, 0.05) is 17.8 Å². The number of nitrogens with zero attached hydrogens (tertiary/aromatic N) is 2. The number of benzene rings is 2. The lowest BCUT2D eigenvalue weighted by molar-refractivity contribution is 0.0981. The highest BCUT2D eigenvalue weighted by Gasteiger charge is 2.21. The van der Waals surface area contributed by atoms with Gasteiger partial charge in [0.2, 0.25) is 0 Å². The predicted octanol–water partition coefficient (Wildman–Crippen LogP) is 5.12. The number of thiazole rings is 1. The van der Waals surface area contributed by atoms with Gasteiger partial charge in [-0.25, -0.2) is 4.98 Å². The Balaban J connectivity index is 1.62. The third-order valence-corrected chi connectivity index (χ3v) is 5.61. The van der Waals surface area contributed by atoms with Crippen molar-refractivity contribution >= 4 is 44.2 Å². The molecule has 0 aliphatic rings. The minimum Gasteiger partial charge on any atom is -0.459 e. The second kappa shape index (κ2) is 7.89. The third-order valence-electron chi connectivity index (χ3n) is 4.55. The predicted molar refractivity (Wildman–Crippen MR) is 115 cm³/mol. The number of amides is 2. The molecule has 146 valence electrons. The molecule has 6 nitrogen and oxygen atoms in total. The average molecular weight is 405 g/mol. The molecule has 2 aromatic heterocycles. The van der Waals surface area contributed by atoms with Gasteiger partial charge >= 0.3 is 0 Å². The Labute approximate surface area is 171 Å². The summed E-state index contributed by atoms with van der Waals surface area (Å²) in [7, 11) is 0. The Morgan fingerprint density at radius 3 is 2.69 bits per heavy atom. The first-order valence-corrected chi connectivity index (χ1v) is 10.0. The summed E-state index contributed by atoms with van der Waals surface area (Å²) in [5.41, 5.74) is 2.77. The van der Waals surface area contributed by atoms with Gasteiger partial charge in [0.25, 0.3) is 11.8 Å². The number of carbonyl (C=O) groups excluding carboxylic acids is 2. The van der Waals surface area contributed by atoms with Crippen molar-refractivity contribution in [3.63, 3.8) is 0 Å². The molecule has 4 rings (SSSR count). The van der Waals surface area contributed by atoms with E-state index in [2.05, 4.69) is 10.3 Å². The zero-order chi connectivity index (χ0) is 20.4. The number of hydrogen-bond donors (Lipinski definition) is 1. The third kappa shape index (κ3) is 3.77. The first-order valence-electron chi connectivity index (χ1n) is 9.19. The van der Waals surface area contributed by atoms with E-state index < -0.39 is 0 Å². The standard InChI is InChI=1S/C22H19N3O3S/c1-3-25(22-24-16-7-4-5-9-19(16)29-22)21(27)15-11-10-14(2)17(13-15)23-20(26)18-8-6-12-28-18/h4-13H,3H2,1-2H3,(H,23,26). The van der Waals surface area contributed by atoms with E-state index in [4.69, 9.17) is 4.42 Å². The Morgan fingerprint density at radius 1 is 1.14 bits per heavy atom. The maximum atomic E-state index is 13.2. The zero-order valence-electron chi connectivity index (χ0n) is 16.0. The Morgan fingerprint density at radius 2 is 1.97 bits per heavy atom. The molecule has 0 saturated carbocycles. The summed E-state index contributed by atoms with van der Waals surface area (Å²) in [6.07, 6.45) is 1.44. The highest BCUT2D eigenvalue weighted by molar-refractivity contribution is 7.22. The molecule has 0 radical (unpaired) electrons. The van der Waals surface area contributed by atoms with Crippen LogP contribution in [0.25, 0.3) is 10.2 Å². The summed E-state index contributed by atoms with van der Waals surface area (Å²) >= 11 is 1.48. The molecule has 0 spiro atoms. The van der Waals surface area contributed by atoms with Crippen LogP contribution in [0.2, 0.25) is 0 Å². The van der Waals surface area contributed by atoms with E-state index in [1.807, 2.05) is 44.2 Å². The van der Waals surface area contributed by atoms with Crippen molar-refractivity contribution in [2.24, 2.45) is 0 Å². The molecule has 0 atom stereocenters. The van der Waals surface area contributed by atoms with Crippen LogP contribution in [0.4, 0.5) is 10.8 Å². The van der Waals surface area contributed by atoms with Gasteiger partial charge < -0.3 is 9.73 Å². The summed E-state index contributed by atoms with van der Waals surface area (Å²) in [6, 6.07) is 16.3. The van der Waals surface area contributed by atoms with Gasteiger partial charge in [0.15, 0.2) is 10.9 Å². The molecule has 2 aromatic carbocycles. The van der Waals surface area contributed by atoms with Gasteiger partial charge in [0.1, 0.15) is 0 Å². The van der Waals surface area contributed by atoms with Crippen molar-refractivity contribution in [2.45, 2.75) is 13.8 Å². The topological polar surface area (TPSA) is 75.4 Å². The van der Waals surface area contributed by atoms with Crippen LogP contribution >= 0.6 is 11.3 Å². The van der Waals surface area contributed by atoms with Crippen LogP contribution in [0.5, 0.6) is 0 Å². The van der Waals surface area contributed by atoms with Crippen molar-refractivity contribution in [1.82, 2.24) is 4.98 Å². The number of aryl methyl sites for hydroxylation is 1. The lowest BCUT2D eigenvalue weighted by Gasteiger charge is -2.18. The first kappa shape index (κ1) is 18.9. The van der Waals surface area contributed by atoms with Crippen LogP contribution in [0.3, 0.4) is 0 Å². The van der Waals surface area contributed by atoms with E-state index in [0.717, 1.165) is 15.8 Å². The monoisotopic (exact) mass is 405 g/mol. The second-order valence-corrected chi connectivity index (χ2v) is 7.48. The molecule has 0 aliphatic heterocycles. The lowest BCUT2D eigenvalue weighted by Crippen LogP contribution is -2.30. The molecule has 29 heavy (non-hydrogen) atoms. The molecular weight excluding hydrogens is 386 g/mol. The highest BCUT2D eigenvalue weighted by Crippen LogP contribution is 2.30. The van der Waals surface area contributed by atoms with Crippen molar-refractivity contribution in [1.29, 1.82) is 0 Å². The van der Waals surface area contributed by atoms with Gasteiger partial charge in [-0.3, -0.25) is 14.5 Å². The molecule has 0 fully saturated rings. The normalized spacial score (nSPS) is 10.8. The van der Waals surface area contributed by atoms with Crippen LogP contribution < -0.4 is 10.2 Å². The van der Waals surface area contributed by atoms with E-state index in [0.29, 0.717) is 22.9 Å². The molecule has 2 heterocycles. The van der Waals surface area contributed by atoms with Gasteiger partial charge in [-0.2, -0.15) is 0 Å². The molecular formula is C22H19N3O3S. The van der Waals surface area contributed by atoms with Crippen LogP contribution in [0.15, 0.2) is 65.3 Å². The largest absolute Gasteiger partial charge is 0.459 e. The number of furan rings is 1. The Hall–Kier alpha value is -3.45. The van der Waals surface area contributed by atoms with Crippen LogP contribution in [-0.2, 0) is 0 Å². The van der Waals surface area contributed by atoms with Gasteiger partial charge in [-0.1, -0.05) is 29.5 Å². The van der Waals surface area contributed by atoms with Gasteiger partial charge in [-0.15, -0.1) is 0 Å². The number of carbonyl (C=O) groups is 2. The molecule has 2 amide bonds. The Bertz CT molecular complexity index is 1150. The van der Waals surface area contributed by atoms with E-state index >= 15 is 0 Å². The van der Waals surface area contributed by atoms with Crippen molar-refractivity contribution in [3.05, 3.63) is 77.7 Å². The number of anilines is 2. The van der Waals surface area contributed by atoms with Gasteiger partial charge in [-0.05, 0) is 55.8 Å². The average Bonchev–Trinajstić information content (AvgIpc) is 3.40. The molecule has 0 unspecified atom stereocenters. The minimum absolute atomic E-state index is 0.167. The number of fused-ring (bicyclic) bond motifs is 1. The van der Waals surface area contributed by atoms with Crippen LogP contribution in [-0.4, -0.2) is 23.3 Å². The fraction of sp³-hybridized carbons (Fsp3) is 0.136. The molecule has 1 N–H and O–H groups in total. The molecule has 7 heteroatoms. The molecule has 4 aromatic rings. The van der Waals surface area contributed by atoms with Crippen molar-refractivity contribution in [3.8, 4) is 0 Å². The molecule has 0 aliphatic carbocycles. The van der Waals surface area contributed by atoms with Gasteiger partial charge in [0.05, 0.1) is 16.5 Å². The lowest BCUT2D eigenvalue weighted by atomic mass is 10.1. The smallest absolute Gasteiger partial charge is 0.291 e. The fourth-order valence-electron chi connectivity index (χ4n) is 2.98. The van der Waals surface area contributed by atoms with E-state index in [9.17, 15) is 9.59 Å². The van der Waals surface area contributed by atoms with Crippen molar-refractivity contribution < 1.29 is 14.0 Å². The number of aromatic nitrogens is 1.